The van der Waals surface area contributed by atoms with Crippen LogP contribution in [0.2, 0.25) is 0 Å². The second kappa shape index (κ2) is 7.15. The monoisotopic (exact) mass is 375 g/mol. The molecule has 0 bridgehead atoms. The number of pyridine rings is 1. The Morgan fingerprint density at radius 2 is 1.82 bits per heavy atom. The highest BCUT2D eigenvalue weighted by atomic mass is 16.5. The van der Waals surface area contributed by atoms with Gasteiger partial charge in [-0.25, -0.2) is 4.79 Å². The van der Waals surface area contributed by atoms with Crippen molar-refractivity contribution in [3.63, 3.8) is 0 Å². The van der Waals surface area contributed by atoms with E-state index < -0.39 is 11.6 Å². The number of ether oxygens (including phenoxy) is 1. The fraction of sp³-hybridized carbons (Fsp3) is 0.136. The third-order valence-corrected chi connectivity index (χ3v) is 4.44. The Morgan fingerprint density at radius 1 is 1.04 bits per heavy atom. The Morgan fingerprint density at radius 3 is 2.57 bits per heavy atom. The molecule has 28 heavy (non-hydrogen) atoms. The van der Waals surface area contributed by atoms with Crippen LogP contribution in [-0.2, 0) is 11.2 Å². The van der Waals surface area contributed by atoms with Gasteiger partial charge in [-0.2, -0.15) is 0 Å². The average Bonchev–Trinajstić information content (AvgIpc) is 3.12. The summed E-state index contributed by atoms with van der Waals surface area (Å²) in [7, 11) is 0. The first-order chi connectivity index (χ1) is 13.5. The predicted molar refractivity (Wildman–Crippen MR) is 103 cm³/mol. The van der Waals surface area contributed by atoms with Gasteiger partial charge in [-0.1, -0.05) is 24.3 Å². The summed E-state index contributed by atoms with van der Waals surface area (Å²) in [6.45, 7) is 3.28. The van der Waals surface area contributed by atoms with Gasteiger partial charge < -0.3 is 13.6 Å². The number of hydrogen-bond acceptors (Lipinski definition) is 6. The molecule has 0 radical (unpaired) electrons. The van der Waals surface area contributed by atoms with Gasteiger partial charge in [0, 0.05) is 17.1 Å². The van der Waals surface area contributed by atoms with Crippen molar-refractivity contribution in [3.8, 4) is 17.3 Å². The molecule has 6 nitrogen and oxygen atoms in total. The number of carbonyl (C=O) groups excluding carboxylic acids is 1. The van der Waals surface area contributed by atoms with Gasteiger partial charge >= 0.3 is 11.6 Å². The van der Waals surface area contributed by atoms with Crippen molar-refractivity contribution in [2.75, 3.05) is 0 Å². The molecule has 0 fully saturated rings. The lowest BCUT2D eigenvalue weighted by Gasteiger charge is -2.11. The average molecular weight is 375 g/mol. The van der Waals surface area contributed by atoms with Crippen molar-refractivity contribution in [3.05, 3.63) is 82.0 Å². The standard InChI is InChI=1S/C22H17NO5/c1-13-20(27-19(24)12-16-8-5-6-10-23-16)14(2)22(25)28-21(13)18-11-15-7-3-4-9-17(15)26-18/h3-11H,12H2,1-2H3. The van der Waals surface area contributed by atoms with Crippen LogP contribution in [0.1, 0.15) is 16.8 Å². The van der Waals surface area contributed by atoms with Crippen LogP contribution in [0.4, 0.5) is 0 Å². The molecule has 140 valence electrons. The van der Waals surface area contributed by atoms with E-state index >= 15 is 0 Å². The molecule has 4 rings (SSSR count). The first-order valence-corrected chi connectivity index (χ1v) is 8.77. The van der Waals surface area contributed by atoms with Crippen LogP contribution in [0.15, 0.2) is 68.4 Å². The van der Waals surface area contributed by atoms with Crippen molar-refractivity contribution < 1.29 is 18.4 Å². The zero-order valence-electron chi connectivity index (χ0n) is 15.4. The van der Waals surface area contributed by atoms with Gasteiger partial charge in [0.05, 0.1) is 17.7 Å². The Labute approximate surface area is 160 Å². The van der Waals surface area contributed by atoms with Crippen molar-refractivity contribution in [1.82, 2.24) is 4.98 Å². The Hall–Kier alpha value is -3.67. The van der Waals surface area contributed by atoms with Crippen LogP contribution in [0.3, 0.4) is 0 Å². The molecule has 1 aromatic carbocycles. The first kappa shape index (κ1) is 17.7. The SMILES string of the molecule is Cc1c(-c2cc3ccccc3o2)oc(=O)c(C)c1OC(=O)Cc1ccccn1. The van der Waals surface area contributed by atoms with E-state index in [4.69, 9.17) is 13.6 Å². The van der Waals surface area contributed by atoms with Gasteiger partial charge in [0.15, 0.2) is 11.5 Å². The van der Waals surface area contributed by atoms with Crippen LogP contribution < -0.4 is 10.4 Å². The molecular formula is C22H17NO5. The molecular weight excluding hydrogens is 358 g/mol. The maximum absolute atomic E-state index is 12.4. The van der Waals surface area contributed by atoms with Gasteiger partial charge in [-0.15, -0.1) is 0 Å². The summed E-state index contributed by atoms with van der Waals surface area (Å²) in [5.74, 6) is 0.323. The number of benzene rings is 1. The molecule has 0 amide bonds. The third kappa shape index (κ3) is 3.32. The lowest BCUT2D eigenvalue weighted by Crippen LogP contribution is -2.17. The summed E-state index contributed by atoms with van der Waals surface area (Å²) >= 11 is 0. The lowest BCUT2D eigenvalue weighted by atomic mass is 10.1. The van der Waals surface area contributed by atoms with Crippen LogP contribution in [0, 0.1) is 13.8 Å². The van der Waals surface area contributed by atoms with Gasteiger partial charge in [0.25, 0.3) is 0 Å². The number of rotatable bonds is 4. The molecule has 0 spiro atoms. The van der Waals surface area contributed by atoms with Gasteiger partial charge in [0.2, 0.25) is 0 Å². The Bertz CT molecular complexity index is 1190. The number of fused-ring (bicyclic) bond motifs is 1. The number of nitrogens with zero attached hydrogens (tertiary/aromatic N) is 1. The molecule has 0 aliphatic heterocycles. The second-order valence-electron chi connectivity index (χ2n) is 6.42. The van der Waals surface area contributed by atoms with Crippen LogP contribution >= 0.6 is 0 Å². The minimum atomic E-state index is -0.582. The summed E-state index contributed by atoms with van der Waals surface area (Å²) in [4.78, 5) is 28.8. The summed E-state index contributed by atoms with van der Waals surface area (Å²) in [6.07, 6.45) is 1.61. The van der Waals surface area contributed by atoms with Crippen molar-refractivity contribution >= 4 is 16.9 Å². The van der Waals surface area contributed by atoms with E-state index in [1.165, 1.54) is 0 Å². The number of carbonyl (C=O) groups is 1. The number of furan rings is 1. The smallest absolute Gasteiger partial charge is 0.343 e. The highest BCUT2D eigenvalue weighted by Gasteiger charge is 2.21. The largest absolute Gasteiger partial charge is 0.453 e. The zero-order valence-corrected chi connectivity index (χ0v) is 15.4. The van der Waals surface area contributed by atoms with E-state index in [1.54, 1.807) is 44.3 Å². The van der Waals surface area contributed by atoms with Crippen molar-refractivity contribution in [1.29, 1.82) is 0 Å². The molecule has 0 N–H and O–H groups in total. The van der Waals surface area contributed by atoms with Crippen molar-refractivity contribution in [2.45, 2.75) is 20.3 Å². The van der Waals surface area contributed by atoms with Crippen molar-refractivity contribution in [2.24, 2.45) is 0 Å². The molecule has 3 aromatic heterocycles. The van der Waals surface area contributed by atoms with Crippen LogP contribution in [-0.4, -0.2) is 11.0 Å². The Balaban J connectivity index is 1.71. The molecule has 3 heterocycles. The normalized spacial score (nSPS) is 10.9. The first-order valence-electron chi connectivity index (χ1n) is 8.77. The molecule has 0 aliphatic carbocycles. The maximum atomic E-state index is 12.4. The summed E-state index contributed by atoms with van der Waals surface area (Å²) in [6, 6.07) is 14.6. The third-order valence-electron chi connectivity index (χ3n) is 4.44. The Kier molecular flexibility index (Phi) is 4.53. The number of aromatic nitrogens is 1. The van der Waals surface area contributed by atoms with Crippen LogP contribution in [0.25, 0.3) is 22.5 Å². The molecule has 0 saturated heterocycles. The summed E-state index contributed by atoms with van der Waals surface area (Å²) in [5.41, 5.74) is 1.43. The number of hydrogen-bond donors (Lipinski definition) is 0. The van der Waals surface area contributed by atoms with Gasteiger partial charge in [-0.3, -0.25) is 9.78 Å². The van der Waals surface area contributed by atoms with E-state index in [1.807, 2.05) is 24.3 Å². The van der Waals surface area contributed by atoms with E-state index in [0.717, 1.165) is 5.39 Å². The lowest BCUT2D eigenvalue weighted by molar-refractivity contribution is -0.133. The summed E-state index contributed by atoms with van der Waals surface area (Å²) < 4.78 is 16.8. The zero-order chi connectivity index (χ0) is 19.7. The number of para-hydroxylation sites is 1. The molecule has 0 atom stereocenters. The summed E-state index contributed by atoms with van der Waals surface area (Å²) in [5, 5.41) is 0.883. The molecule has 0 aliphatic rings. The highest BCUT2D eigenvalue weighted by Crippen LogP contribution is 2.34. The van der Waals surface area contributed by atoms with E-state index in [9.17, 15) is 9.59 Å². The molecule has 0 unspecified atom stereocenters. The molecule has 0 saturated carbocycles. The minimum absolute atomic E-state index is 0.0000807. The van der Waals surface area contributed by atoms with Crippen LogP contribution in [0.5, 0.6) is 5.75 Å². The van der Waals surface area contributed by atoms with E-state index in [-0.39, 0.29) is 23.5 Å². The van der Waals surface area contributed by atoms with E-state index in [2.05, 4.69) is 4.98 Å². The van der Waals surface area contributed by atoms with Gasteiger partial charge in [0.1, 0.15) is 11.3 Å². The minimum Gasteiger partial charge on any atom is -0.453 e. The van der Waals surface area contributed by atoms with Gasteiger partial charge in [-0.05, 0) is 38.1 Å². The molecule has 4 aromatic rings. The molecule has 6 heteroatoms. The quantitative estimate of drug-likeness (QED) is 0.497. The maximum Gasteiger partial charge on any atom is 0.343 e. The fourth-order valence-electron chi connectivity index (χ4n) is 3.01. The highest BCUT2D eigenvalue weighted by molar-refractivity contribution is 5.83. The predicted octanol–water partition coefficient (Wildman–Crippen LogP) is 4.21. The number of esters is 1. The topological polar surface area (TPSA) is 82.5 Å². The second-order valence-corrected chi connectivity index (χ2v) is 6.42. The fourth-order valence-corrected chi connectivity index (χ4v) is 3.01. The van der Waals surface area contributed by atoms with E-state index in [0.29, 0.717) is 22.6 Å².